The first-order chi connectivity index (χ1) is 42.2. The van der Waals surface area contributed by atoms with E-state index < -0.39 is 98.0 Å². The van der Waals surface area contributed by atoms with Crippen molar-refractivity contribution in [3.8, 4) is 47.7 Å². The zero-order valence-electron chi connectivity index (χ0n) is 45.3. The van der Waals surface area contributed by atoms with Crippen LogP contribution in [0.25, 0.3) is 5.32 Å². The number of carbonyl (C=O) groups excluding carboxylic acids is 6. The van der Waals surface area contributed by atoms with E-state index in [4.69, 9.17) is 22.3 Å². The molecule has 0 unspecified atom stereocenters. The second-order valence-electron chi connectivity index (χ2n) is 18.9. The zero-order valence-corrected chi connectivity index (χ0v) is 45.3. The fourth-order valence-electron chi connectivity index (χ4n) is 8.83. The van der Waals surface area contributed by atoms with Crippen LogP contribution in [0.4, 0.5) is 22.7 Å². The number of nitrogens with zero attached hydrogens (tertiary/aromatic N) is 1. The number of hydrogen-bond donors (Lipinski definition) is 7. The molecule has 0 aromatic heterocycles. The summed E-state index contributed by atoms with van der Waals surface area (Å²) in [5.41, 5.74) is -2.49. The van der Waals surface area contributed by atoms with Gasteiger partial charge in [-0.1, -0.05) is 78.6 Å². The van der Waals surface area contributed by atoms with Crippen LogP contribution >= 0.6 is 0 Å². The summed E-state index contributed by atoms with van der Waals surface area (Å²) in [6.07, 6.45) is 10.9. The summed E-state index contributed by atoms with van der Waals surface area (Å²) in [5, 5.41) is 51.6. The van der Waals surface area contributed by atoms with Crippen LogP contribution in [0.1, 0.15) is 126 Å². The van der Waals surface area contributed by atoms with Gasteiger partial charge in [0.2, 0.25) is 0 Å². The fourth-order valence-corrected chi connectivity index (χ4v) is 8.83. The van der Waals surface area contributed by atoms with E-state index in [0.29, 0.717) is 11.1 Å². The summed E-state index contributed by atoms with van der Waals surface area (Å²) in [6, 6.07) is 43.9. The average Bonchev–Trinajstić information content (AvgIpc) is 1.29. The summed E-state index contributed by atoms with van der Waals surface area (Å²) in [4.78, 5) is 131. The Balaban J connectivity index is 0.868. The highest BCUT2D eigenvalue weighted by atomic mass is 16.5. The van der Waals surface area contributed by atoms with Crippen LogP contribution < -0.4 is 25.4 Å². The van der Waals surface area contributed by atoms with Gasteiger partial charge < -0.3 is 56.0 Å². The number of ketones is 2. The van der Waals surface area contributed by atoms with E-state index in [9.17, 15) is 68.4 Å². The third-order valence-electron chi connectivity index (χ3n) is 13.0. The first-order valence-electron chi connectivity index (χ1n) is 25.8. The number of nitrogens with one attached hydrogen (secondary N) is 3. The molecule has 20 nitrogen and oxygen atoms in total. The summed E-state index contributed by atoms with van der Waals surface area (Å²) in [6.45, 7) is 0. The van der Waals surface area contributed by atoms with Gasteiger partial charge in [-0.2, -0.15) is 0 Å². The van der Waals surface area contributed by atoms with Crippen LogP contribution in [0, 0.1) is 24.7 Å². The minimum atomic E-state index is -1.49. The van der Waals surface area contributed by atoms with Crippen molar-refractivity contribution in [2.75, 3.05) is 16.0 Å². The lowest BCUT2D eigenvalue weighted by Crippen LogP contribution is -2.19. The zero-order chi connectivity index (χ0) is 62.8. The Morgan fingerprint density at radius 2 is 0.659 bits per heavy atom. The molecule has 9 aromatic carbocycles. The van der Waals surface area contributed by atoms with Crippen LogP contribution in [-0.4, -0.2) is 79.5 Å². The average molecular weight is 1170 g/mol. The van der Waals surface area contributed by atoms with Gasteiger partial charge in [-0.3, -0.25) is 24.0 Å². The summed E-state index contributed by atoms with van der Waals surface area (Å²) in [5.74, 6) is -5.41. The van der Waals surface area contributed by atoms with Gasteiger partial charge in [0.1, 0.15) is 23.0 Å². The fraction of sp³-hybridized carbons (Fsp3) is 0. The summed E-state index contributed by atoms with van der Waals surface area (Å²) >= 11 is 0. The summed E-state index contributed by atoms with van der Waals surface area (Å²) < 4.78 is 12.2. The third-order valence-corrected chi connectivity index (χ3v) is 13.0. The molecule has 0 bridgehead atoms. The first kappa shape index (κ1) is 59.4. The molecule has 0 aliphatic rings. The van der Waals surface area contributed by atoms with Gasteiger partial charge in [0.15, 0.2) is 11.6 Å². The normalized spacial score (nSPS) is 10.4. The number of rotatable bonds is 20. The molecule has 88 heavy (non-hydrogen) atoms. The minimum absolute atomic E-state index is 0.139. The van der Waals surface area contributed by atoms with E-state index in [2.05, 4.69) is 33.1 Å². The lowest BCUT2D eigenvalue weighted by atomic mass is 9.95. The number of amides is 4. The Bertz CT molecular complexity index is 4250. The molecule has 0 fully saturated rings. The van der Waals surface area contributed by atoms with Gasteiger partial charge in [0.25, 0.3) is 17.7 Å². The molecule has 0 saturated carbocycles. The molecular formula is C68H41N4O16-. The van der Waals surface area contributed by atoms with Crippen molar-refractivity contribution in [3.63, 3.8) is 0 Å². The maximum absolute atomic E-state index is 13.9. The predicted octanol–water partition coefficient (Wildman–Crippen LogP) is 12.1. The lowest BCUT2D eigenvalue weighted by molar-refractivity contribution is 0.0683. The maximum Gasteiger partial charge on any atom is 0.336 e. The molecule has 7 N–H and O–H groups in total. The largest absolute Gasteiger partial charge is 0.623 e. The lowest BCUT2D eigenvalue weighted by Gasteiger charge is -2.22. The number of carboxylic acids is 4. The Kier molecular flexibility index (Phi) is 17.5. The Morgan fingerprint density at radius 3 is 1.05 bits per heavy atom. The molecule has 0 spiro atoms. The molecule has 0 aliphatic carbocycles. The van der Waals surface area contributed by atoms with Gasteiger partial charge in [0.05, 0.1) is 44.9 Å². The predicted molar refractivity (Wildman–Crippen MR) is 320 cm³/mol. The van der Waals surface area contributed by atoms with E-state index in [1.807, 2.05) is 0 Å². The van der Waals surface area contributed by atoms with Crippen LogP contribution in [0.15, 0.2) is 194 Å². The number of aromatic carboxylic acids is 4. The molecule has 0 radical (unpaired) electrons. The van der Waals surface area contributed by atoms with Gasteiger partial charge in [-0.25, -0.2) is 19.2 Å². The number of hydrogen-bond acceptors (Lipinski definition) is 12. The number of terminal acetylenes is 2. The smallest absolute Gasteiger partial charge is 0.336 e. The van der Waals surface area contributed by atoms with Gasteiger partial charge in [0, 0.05) is 74.2 Å². The molecule has 9 aromatic rings. The van der Waals surface area contributed by atoms with E-state index >= 15 is 0 Å². The van der Waals surface area contributed by atoms with Crippen LogP contribution in [0.3, 0.4) is 0 Å². The van der Waals surface area contributed by atoms with E-state index in [1.54, 1.807) is 60.7 Å². The minimum Gasteiger partial charge on any atom is -0.623 e. The number of anilines is 3. The van der Waals surface area contributed by atoms with E-state index in [-0.39, 0.29) is 73.6 Å². The summed E-state index contributed by atoms with van der Waals surface area (Å²) in [7, 11) is 0. The molecule has 0 heterocycles. The number of carboxylic acid groups (broad SMARTS) is 4. The highest BCUT2D eigenvalue weighted by Crippen LogP contribution is 2.32. The molecule has 4 amide bonds. The Labute approximate surface area is 498 Å². The molecular weight excluding hydrogens is 1130 g/mol. The number of benzene rings is 9. The maximum atomic E-state index is 13.9. The van der Waals surface area contributed by atoms with Crippen molar-refractivity contribution in [2.45, 2.75) is 0 Å². The van der Waals surface area contributed by atoms with Crippen molar-refractivity contribution in [1.82, 2.24) is 0 Å². The van der Waals surface area contributed by atoms with Crippen LogP contribution in [-0.2, 0) is 0 Å². The highest BCUT2D eigenvalue weighted by molar-refractivity contribution is 6.19. The van der Waals surface area contributed by atoms with Crippen molar-refractivity contribution in [1.29, 1.82) is 0 Å². The quantitative estimate of drug-likeness (QED) is 0.0275. The van der Waals surface area contributed by atoms with Crippen molar-refractivity contribution < 1.29 is 77.8 Å². The van der Waals surface area contributed by atoms with E-state index in [0.717, 1.165) is 48.5 Å². The Morgan fingerprint density at radius 1 is 0.341 bits per heavy atom. The molecule has 0 saturated heterocycles. The topological polar surface area (TPSA) is 320 Å². The number of ether oxygens (including phenoxy) is 2. The first-order valence-corrected chi connectivity index (χ1v) is 25.8. The standard InChI is InChI=1S/C68H42N4O16/c1-3-37-10-5-12-43(28-37)69-61(75)55-30-39(20-24-51(55)65(79)80)59(73)41-22-26-53(67(83)84)57(32-41)63(77)71-45-14-7-16-47(34-45)87-49-18-9-19-50(36-49)88-48-17-8-15-46(35-48)72-64(78)58-33-42(23-27-54(58)68(85)86)60(74)40-21-25-52(66(81)82)56(31-40)62(76)70-44-13-6-11-38(4-2)29-44/h1-2,5-36H,(H8,69,70,71,72,75,76,77,78,79,80,81,82,83,84,85,86)/p-1. The molecule has 0 atom stereocenters. The number of carbonyl (C=O) groups is 10. The van der Waals surface area contributed by atoms with Gasteiger partial charge in [-0.15, -0.1) is 18.5 Å². The molecule has 9 rings (SSSR count). The second-order valence-corrected chi connectivity index (χ2v) is 18.9. The van der Waals surface area contributed by atoms with E-state index in [1.165, 1.54) is 84.9 Å². The molecule has 430 valence electrons. The van der Waals surface area contributed by atoms with Crippen LogP contribution in [0.5, 0.6) is 23.0 Å². The second kappa shape index (κ2) is 25.9. The van der Waals surface area contributed by atoms with Crippen molar-refractivity contribution >= 4 is 81.8 Å². The van der Waals surface area contributed by atoms with Crippen molar-refractivity contribution in [3.05, 3.63) is 277 Å². The molecule has 0 aliphatic heterocycles. The monoisotopic (exact) mass is 1170 g/mol. The van der Waals surface area contributed by atoms with Crippen LogP contribution in [0.2, 0.25) is 0 Å². The van der Waals surface area contributed by atoms with Gasteiger partial charge >= 0.3 is 23.9 Å². The highest BCUT2D eigenvalue weighted by Gasteiger charge is 2.26. The third kappa shape index (κ3) is 13.8. The molecule has 20 heteroatoms. The Hall–Kier alpha value is -13.2. The SMILES string of the molecule is C#Cc1cccc([N-]C(=O)c2cc(C(=O)c3ccc(C(=O)O)c(C(=O)Nc4cccc(Oc5cccc(Oc6cccc(NC(=O)c7cc(C(=O)c8ccc(C(=O)O)c(C(=O)Nc9cccc(C#C)c9)c8)ccc7C(=O)O)c6)c5)c4)c3)ccc2C(=O)O)c1. The van der Waals surface area contributed by atoms with Crippen molar-refractivity contribution in [2.24, 2.45) is 0 Å². The van der Waals surface area contributed by atoms with Gasteiger partial charge in [-0.05, 0) is 109 Å².